The molecule has 0 nitrogen and oxygen atoms in total. The Balaban J connectivity index is 3.19. The van der Waals surface area contributed by atoms with Crippen LogP contribution in [0.5, 0.6) is 0 Å². The summed E-state index contributed by atoms with van der Waals surface area (Å²) in [6.45, 7) is 0. The van der Waals surface area contributed by atoms with Crippen molar-refractivity contribution in [2.24, 2.45) is 0 Å². The van der Waals surface area contributed by atoms with E-state index in [1.54, 1.807) is 0 Å². The SMILES string of the molecule is S=[S-](=S)c1cccc(Cl)c1. The Morgan fingerprint density at radius 1 is 1.30 bits per heavy atom. The summed E-state index contributed by atoms with van der Waals surface area (Å²) in [5, 5.41) is 0.699. The lowest BCUT2D eigenvalue weighted by molar-refractivity contribution is 1.47. The van der Waals surface area contributed by atoms with Crippen LogP contribution in [0.1, 0.15) is 0 Å². The van der Waals surface area contributed by atoms with Crippen molar-refractivity contribution >= 4 is 42.0 Å². The Morgan fingerprint density at radius 2 is 2.00 bits per heavy atom. The summed E-state index contributed by atoms with van der Waals surface area (Å²) in [6.07, 6.45) is 0. The molecule has 0 saturated heterocycles. The summed E-state index contributed by atoms with van der Waals surface area (Å²) >= 11 is 15.5. The van der Waals surface area contributed by atoms with Crippen LogP contribution < -0.4 is 0 Å². The molecule has 0 N–H and O–H groups in total. The average Bonchev–Trinajstić information content (AvgIpc) is 1.88. The van der Waals surface area contributed by atoms with Crippen molar-refractivity contribution in [2.45, 2.75) is 4.90 Å². The summed E-state index contributed by atoms with van der Waals surface area (Å²) < 4.78 is 0. The van der Waals surface area contributed by atoms with Crippen molar-refractivity contribution in [1.82, 2.24) is 0 Å². The molecule has 1 aromatic rings. The summed E-state index contributed by atoms with van der Waals surface area (Å²) in [7, 11) is -0.507. The normalized spacial score (nSPS) is 10.2. The predicted molar refractivity (Wildman–Crippen MR) is 51.8 cm³/mol. The molecule has 1 aromatic carbocycles. The molecular weight excluding hydrogens is 204 g/mol. The summed E-state index contributed by atoms with van der Waals surface area (Å²) in [4.78, 5) is 0.956. The molecule has 0 bridgehead atoms. The lowest BCUT2D eigenvalue weighted by Gasteiger charge is -2.02. The van der Waals surface area contributed by atoms with Gasteiger partial charge in [0.25, 0.3) is 0 Å². The first kappa shape index (κ1) is 8.40. The molecule has 0 heterocycles. The van der Waals surface area contributed by atoms with Gasteiger partial charge in [0, 0.05) is 5.02 Å². The molecule has 10 heavy (non-hydrogen) atoms. The monoisotopic (exact) mass is 207 g/mol. The van der Waals surface area contributed by atoms with Gasteiger partial charge in [-0.15, -0.1) is 4.90 Å². The highest BCUT2D eigenvalue weighted by Crippen LogP contribution is 2.11. The highest BCUT2D eigenvalue weighted by atomic mass is 35.5. The third-order valence-corrected chi connectivity index (χ3v) is 3.02. The van der Waals surface area contributed by atoms with Crippen molar-refractivity contribution in [3.8, 4) is 0 Å². The summed E-state index contributed by atoms with van der Waals surface area (Å²) in [5.41, 5.74) is 0. The van der Waals surface area contributed by atoms with E-state index in [2.05, 4.69) is 0 Å². The van der Waals surface area contributed by atoms with Gasteiger partial charge < -0.3 is 8.01 Å². The predicted octanol–water partition coefficient (Wildman–Crippen LogP) is 2.24. The van der Waals surface area contributed by atoms with E-state index in [0.29, 0.717) is 5.02 Å². The van der Waals surface area contributed by atoms with E-state index < -0.39 is 8.01 Å². The zero-order chi connectivity index (χ0) is 7.56. The number of benzene rings is 1. The number of hydrogen-bond acceptors (Lipinski definition) is 3. The van der Waals surface area contributed by atoms with Gasteiger partial charge in [-0.3, -0.25) is 22.4 Å². The Hall–Kier alpha value is 0.300. The van der Waals surface area contributed by atoms with E-state index in [9.17, 15) is 0 Å². The Bertz CT molecular complexity index is 296. The van der Waals surface area contributed by atoms with Gasteiger partial charge in [0.15, 0.2) is 0 Å². The van der Waals surface area contributed by atoms with Gasteiger partial charge in [-0.25, -0.2) is 0 Å². The maximum Gasteiger partial charge on any atom is 0.0390 e. The molecule has 0 aliphatic heterocycles. The second-order valence-electron chi connectivity index (χ2n) is 1.69. The second-order valence-corrected chi connectivity index (χ2v) is 5.70. The Morgan fingerprint density at radius 3 is 2.40 bits per heavy atom. The van der Waals surface area contributed by atoms with E-state index in [4.69, 9.17) is 34.0 Å². The zero-order valence-electron chi connectivity index (χ0n) is 4.91. The standard InChI is InChI=1S/C6H4ClS3/c7-5-2-1-3-6(4-5)10(8)9/h1-4H/q-1. The van der Waals surface area contributed by atoms with Crippen LogP contribution in [-0.4, -0.2) is 0 Å². The molecule has 54 valence electrons. The number of rotatable bonds is 1. The minimum Gasteiger partial charge on any atom is -0.319 e. The van der Waals surface area contributed by atoms with Gasteiger partial charge in [-0.05, 0) is 6.07 Å². The van der Waals surface area contributed by atoms with Gasteiger partial charge in [0.2, 0.25) is 0 Å². The molecule has 0 atom stereocenters. The smallest absolute Gasteiger partial charge is 0.0390 e. The number of halogens is 1. The van der Waals surface area contributed by atoms with Gasteiger partial charge in [0.05, 0.1) is 0 Å². The Kier molecular flexibility index (Phi) is 3.04. The minimum absolute atomic E-state index is 0.507. The molecule has 0 saturated carbocycles. The van der Waals surface area contributed by atoms with Crippen molar-refractivity contribution in [3.05, 3.63) is 29.3 Å². The molecule has 1 rings (SSSR count). The van der Waals surface area contributed by atoms with Crippen LogP contribution in [0.3, 0.4) is 0 Å². The third kappa shape index (κ3) is 2.16. The number of hydrogen-bond donors (Lipinski definition) is 0. The molecule has 0 fully saturated rings. The van der Waals surface area contributed by atoms with Crippen LogP contribution in [0.4, 0.5) is 0 Å². The fraction of sp³-hybridized carbons (Fsp3) is 0. The molecular formula is C6H4ClS3-. The van der Waals surface area contributed by atoms with Gasteiger partial charge >= 0.3 is 0 Å². The maximum absolute atomic E-state index is 5.70. The summed E-state index contributed by atoms with van der Waals surface area (Å²) in [6, 6.07) is 7.37. The van der Waals surface area contributed by atoms with E-state index in [1.807, 2.05) is 24.3 Å². The first-order valence-corrected chi connectivity index (χ1v) is 6.00. The van der Waals surface area contributed by atoms with Crippen LogP contribution in [0.2, 0.25) is 5.02 Å². The van der Waals surface area contributed by atoms with Gasteiger partial charge in [0.1, 0.15) is 0 Å². The zero-order valence-corrected chi connectivity index (χ0v) is 8.12. The lowest BCUT2D eigenvalue weighted by atomic mass is 10.4. The van der Waals surface area contributed by atoms with E-state index in [0.717, 1.165) is 4.90 Å². The molecule has 0 aliphatic carbocycles. The second kappa shape index (κ2) is 3.62. The molecule has 0 spiro atoms. The quantitative estimate of drug-likeness (QED) is 0.648. The molecule has 0 aliphatic rings. The van der Waals surface area contributed by atoms with Gasteiger partial charge in [-0.1, -0.05) is 29.8 Å². The first-order chi connectivity index (χ1) is 4.70. The first-order valence-electron chi connectivity index (χ1n) is 2.55. The fourth-order valence-electron chi connectivity index (χ4n) is 0.571. The third-order valence-electron chi connectivity index (χ3n) is 0.989. The van der Waals surface area contributed by atoms with Crippen LogP contribution in [0, 0.1) is 0 Å². The molecule has 0 radical (unpaired) electrons. The highest BCUT2D eigenvalue weighted by molar-refractivity contribution is 8.46. The largest absolute Gasteiger partial charge is 0.319 e. The topological polar surface area (TPSA) is 0 Å². The fourth-order valence-corrected chi connectivity index (χ4v) is 1.86. The molecule has 0 amide bonds. The summed E-state index contributed by atoms with van der Waals surface area (Å²) in [5.74, 6) is 0. The lowest BCUT2D eigenvalue weighted by Crippen LogP contribution is -1.74. The molecule has 0 unspecified atom stereocenters. The van der Waals surface area contributed by atoms with E-state index in [1.165, 1.54) is 0 Å². The molecule has 4 heteroatoms. The van der Waals surface area contributed by atoms with E-state index in [-0.39, 0.29) is 0 Å². The van der Waals surface area contributed by atoms with Gasteiger partial charge in [-0.2, -0.15) is 0 Å². The van der Waals surface area contributed by atoms with Crippen molar-refractivity contribution < 1.29 is 0 Å². The maximum atomic E-state index is 5.70. The van der Waals surface area contributed by atoms with Crippen molar-refractivity contribution in [2.75, 3.05) is 0 Å². The Labute approximate surface area is 76.0 Å². The van der Waals surface area contributed by atoms with E-state index >= 15 is 0 Å². The minimum atomic E-state index is -0.507. The van der Waals surface area contributed by atoms with Crippen LogP contribution in [0.25, 0.3) is 0 Å². The van der Waals surface area contributed by atoms with Crippen LogP contribution in [0.15, 0.2) is 29.2 Å². The van der Waals surface area contributed by atoms with Crippen molar-refractivity contribution in [3.63, 3.8) is 0 Å². The van der Waals surface area contributed by atoms with Crippen LogP contribution in [-0.2, 0) is 30.4 Å². The van der Waals surface area contributed by atoms with Crippen molar-refractivity contribution in [1.29, 1.82) is 0 Å². The average molecular weight is 208 g/mol. The highest BCUT2D eigenvalue weighted by Gasteiger charge is 1.82. The molecule has 0 aromatic heterocycles. The van der Waals surface area contributed by atoms with Crippen LogP contribution >= 0.6 is 11.6 Å².